The monoisotopic (exact) mass is 308 g/mol. The number of aromatic nitrogens is 2. The minimum Gasteiger partial charge on any atom is -0.394 e. The number of carbonyl (C=O) groups excluding carboxylic acids is 1. The Balaban J connectivity index is 2.16. The standard InChI is InChI=1S/C14H17ClN4O2/c1-9(8-20)17-14(21)18-13-7-16-19(10(13)2)12-5-3-4-11(15)6-12/h3-7,9,20H,8H2,1-2H3,(H2,17,18,21)/t9-/m0/s1. The number of halogens is 1. The molecule has 0 bridgehead atoms. The zero-order valence-electron chi connectivity index (χ0n) is 11.8. The quantitative estimate of drug-likeness (QED) is 0.811. The molecule has 7 heteroatoms. The zero-order chi connectivity index (χ0) is 15.4. The van der Waals surface area contributed by atoms with Crippen LogP contribution in [0, 0.1) is 6.92 Å². The van der Waals surface area contributed by atoms with Gasteiger partial charge in [-0.25, -0.2) is 9.48 Å². The Morgan fingerprint density at radius 2 is 2.29 bits per heavy atom. The van der Waals surface area contributed by atoms with Gasteiger partial charge in [0, 0.05) is 5.02 Å². The van der Waals surface area contributed by atoms with Gasteiger partial charge in [-0.2, -0.15) is 5.10 Å². The smallest absolute Gasteiger partial charge is 0.319 e. The Labute approximate surface area is 127 Å². The van der Waals surface area contributed by atoms with E-state index in [9.17, 15) is 4.79 Å². The summed E-state index contributed by atoms with van der Waals surface area (Å²) in [5, 5.41) is 19.1. The van der Waals surface area contributed by atoms with Crippen molar-refractivity contribution in [3.63, 3.8) is 0 Å². The average Bonchev–Trinajstić information content (AvgIpc) is 2.80. The number of urea groups is 1. The SMILES string of the molecule is Cc1c(NC(=O)N[C@@H](C)CO)cnn1-c1cccc(Cl)c1. The van der Waals surface area contributed by atoms with Crippen molar-refractivity contribution in [1.29, 1.82) is 0 Å². The first-order valence-electron chi connectivity index (χ1n) is 6.50. The summed E-state index contributed by atoms with van der Waals surface area (Å²) in [6.45, 7) is 3.44. The van der Waals surface area contributed by atoms with Crippen molar-refractivity contribution in [3.8, 4) is 5.69 Å². The van der Waals surface area contributed by atoms with E-state index in [1.54, 1.807) is 29.9 Å². The van der Waals surface area contributed by atoms with Gasteiger partial charge in [-0.1, -0.05) is 17.7 Å². The fourth-order valence-electron chi connectivity index (χ4n) is 1.83. The highest BCUT2D eigenvalue weighted by Gasteiger charge is 2.12. The number of carbonyl (C=O) groups is 1. The lowest BCUT2D eigenvalue weighted by atomic mass is 10.3. The Morgan fingerprint density at radius 1 is 1.52 bits per heavy atom. The van der Waals surface area contributed by atoms with Gasteiger partial charge in [-0.3, -0.25) is 0 Å². The summed E-state index contributed by atoms with van der Waals surface area (Å²) in [4.78, 5) is 11.7. The normalized spacial score (nSPS) is 12.0. The molecule has 1 heterocycles. The largest absolute Gasteiger partial charge is 0.394 e. The van der Waals surface area contributed by atoms with Crippen LogP contribution in [0.1, 0.15) is 12.6 Å². The first-order valence-corrected chi connectivity index (χ1v) is 6.88. The molecule has 0 saturated heterocycles. The lowest BCUT2D eigenvalue weighted by molar-refractivity contribution is 0.229. The molecule has 1 aromatic carbocycles. The predicted molar refractivity (Wildman–Crippen MR) is 82.0 cm³/mol. The first-order chi connectivity index (χ1) is 10.0. The Morgan fingerprint density at radius 3 is 2.95 bits per heavy atom. The Bertz CT molecular complexity index is 642. The highest BCUT2D eigenvalue weighted by atomic mass is 35.5. The molecule has 2 aromatic rings. The van der Waals surface area contributed by atoms with Gasteiger partial charge in [0.05, 0.1) is 35.9 Å². The van der Waals surface area contributed by atoms with Crippen LogP contribution in [0.25, 0.3) is 5.69 Å². The summed E-state index contributed by atoms with van der Waals surface area (Å²) in [6, 6.07) is 6.59. The molecule has 0 aliphatic heterocycles. The number of benzene rings is 1. The molecule has 6 nitrogen and oxygen atoms in total. The molecule has 0 saturated carbocycles. The molecule has 112 valence electrons. The van der Waals surface area contributed by atoms with Crippen LogP contribution in [0.5, 0.6) is 0 Å². The average molecular weight is 309 g/mol. The highest BCUT2D eigenvalue weighted by Crippen LogP contribution is 2.20. The second-order valence-electron chi connectivity index (χ2n) is 4.72. The summed E-state index contributed by atoms with van der Waals surface area (Å²) in [7, 11) is 0. The summed E-state index contributed by atoms with van der Waals surface area (Å²) < 4.78 is 1.69. The summed E-state index contributed by atoms with van der Waals surface area (Å²) in [5.74, 6) is 0. The second kappa shape index (κ2) is 6.60. The van der Waals surface area contributed by atoms with Crippen LogP contribution in [-0.4, -0.2) is 33.6 Å². The third-order valence-electron chi connectivity index (χ3n) is 2.96. The van der Waals surface area contributed by atoms with E-state index >= 15 is 0 Å². The van der Waals surface area contributed by atoms with E-state index in [1.807, 2.05) is 19.1 Å². The molecule has 0 unspecified atom stereocenters. The maximum Gasteiger partial charge on any atom is 0.319 e. The molecule has 0 radical (unpaired) electrons. The van der Waals surface area contributed by atoms with Gasteiger partial charge < -0.3 is 15.7 Å². The number of nitrogens with one attached hydrogen (secondary N) is 2. The number of hydrogen-bond acceptors (Lipinski definition) is 3. The maximum absolute atomic E-state index is 11.7. The van der Waals surface area contributed by atoms with Crippen LogP contribution in [0.4, 0.5) is 10.5 Å². The lowest BCUT2D eigenvalue weighted by Crippen LogP contribution is -2.38. The summed E-state index contributed by atoms with van der Waals surface area (Å²) >= 11 is 5.97. The number of aliphatic hydroxyl groups excluding tert-OH is 1. The summed E-state index contributed by atoms with van der Waals surface area (Å²) in [6.07, 6.45) is 1.57. The van der Waals surface area contributed by atoms with Gasteiger partial charge in [0.2, 0.25) is 0 Å². The Hall–Kier alpha value is -2.05. The molecule has 21 heavy (non-hydrogen) atoms. The van der Waals surface area contributed by atoms with Crippen LogP contribution < -0.4 is 10.6 Å². The minimum absolute atomic E-state index is 0.117. The first kappa shape index (κ1) is 15.3. The molecule has 3 N–H and O–H groups in total. The van der Waals surface area contributed by atoms with E-state index in [0.717, 1.165) is 11.4 Å². The topological polar surface area (TPSA) is 79.2 Å². The summed E-state index contributed by atoms with van der Waals surface area (Å²) in [5.41, 5.74) is 2.19. The third kappa shape index (κ3) is 3.74. The second-order valence-corrected chi connectivity index (χ2v) is 5.15. The van der Waals surface area contributed by atoms with Gasteiger partial charge in [0.1, 0.15) is 0 Å². The van der Waals surface area contributed by atoms with Crippen LogP contribution in [0.15, 0.2) is 30.5 Å². The predicted octanol–water partition coefficient (Wildman–Crippen LogP) is 2.34. The van der Waals surface area contributed by atoms with E-state index in [4.69, 9.17) is 16.7 Å². The van der Waals surface area contributed by atoms with E-state index in [-0.39, 0.29) is 18.7 Å². The van der Waals surface area contributed by atoms with Crippen molar-refractivity contribution >= 4 is 23.3 Å². The molecule has 1 aromatic heterocycles. The minimum atomic E-state index is -0.384. The van der Waals surface area contributed by atoms with Crippen molar-refractivity contribution in [1.82, 2.24) is 15.1 Å². The molecular weight excluding hydrogens is 292 g/mol. The van der Waals surface area contributed by atoms with Crippen LogP contribution in [0.3, 0.4) is 0 Å². The molecule has 0 spiro atoms. The fourth-order valence-corrected chi connectivity index (χ4v) is 2.01. The number of nitrogens with zero attached hydrogens (tertiary/aromatic N) is 2. The van der Waals surface area contributed by atoms with Crippen molar-refractivity contribution in [2.45, 2.75) is 19.9 Å². The van der Waals surface area contributed by atoms with Crippen LogP contribution in [0.2, 0.25) is 5.02 Å². The van der Waals surface area contributed by atoms with Gasteiger partial charge in [-0.15, -0.1) is 0 Å². The van der Waals surface area contributed by atoms with Crippen LogP contribution in [-0.2, 0) is 0 Å². The van der Waals surface area contributed by atoms with Crippen molar-refractivity contribution < 1.29 is 9.90 Å². The van der Waals surface area contributed by atoms with E-state index < -0.39 is 0 Å². The third-order valence-corrected chi connectivity index (χ3v) is 3.20. The lowest BCUT2D eigenvalue weighted by Gasteiger charge is -2.12. The van der Waals surface area contributed by atoms with E-state index in [2.05, 4.69) is 15.7 Å². The van der Waals surface area contributed by atoms with Crippen molar-refractivity contribution in [2.75, 3.05) is 11.9 Å². The Kier molecular flexibility index (Phi) is 4.82. The molecule has 0 fully saturated rings. The highest BCUT2D eigenvalue weighted by molar-refractivity contribution is 6.30. The molecule has 0 aliphatic carbocycles. The van der Waals surface area contributed by atoms with Crippen molar-refractivity contribution in [3.05, 3.63) is 41.2 Å². The number of hydrogen-bond donors (Lipinski definition) is 3. The number of rotatable bonds is 4. The van der Waals surface area contributed by atoms with Gasteiger partial charge in [0.25, 0.3) is 0 Å². The van der Waals surface area contributed by atoms with Crippen molar-refractivity contribution in [2.24, 2.45) is 0 Å². The maximum atomic E-state index is 11.7. The molecule has 1 atom stereocenters. The number of amides is 2. The molecule has 2 amide bonds. The zero-order valence-corrected chi connectivity index (χ0v) is 12.6. The van der Waals surface area contributed by atoms with E-state index in [0.29, 0.717) is 10.7 Å². The fraction of sp³-hybridized carbons (Fsp3) is 0.286. The number of anilines is 1. The van der Waals surface area contributed by atoms with Crippen LogP contribution >= 0.6 is 11.6 Å². The molecule has 2 rings (SSSR count). The number of aliphatic hydroxyl groups is 1. The van der Waals surface area contributed by atoms with E-state index in [1.165, 1.54) is 0 Å². The van der Waals surface area contributed by atoms with Gasteiger partial charge >= 0.3 is 6.03 Å². The molecule has 0 aliphatic rings. The van der Waals surface area contributed by atoms with Gasteiger partial charge in [-0.05, 0) is 32.0 Å². The molecular formula is C14H17ClN4O2. The van der Waals surface area contributed by atoms with Gasteiger partial charge in [0.15, 0.2) is 0 Å².